The standard InChI is InChI=1S/C25H23N7O9S3/c1-3-9-6-42-22-13(26)20(37)31(22)16(9)19(36)29-25-27-11(8-44-25)14(30-41-5-12(33)34)18(35)28-15-21(38)32-17(24(39)40)10(4-2)7-43-23(15)32/h3-4,8,13,15,22-23H,1-2,5-7,26H2,(H,28,35)(H,33,34)(H,39,40)(H,27,29,36)/b30-14-/t13?,15-,22-,23-/m1/s1. The van der Waals surface area contributed by atoms with Crippen molar-refractivity contribution in [2.45, 2.75) is 22.8 Å². The van der Waals surface area contributed by atoms with Crippen LogP contribution in [0.1, 0.15) is 5.69 Å². The van der Waals surface area contributed by atoms with Crippen molar-refractivity contribution in [2.24, 2.45) is 10.9 Å². The molecule has 44 heavy (non-hydrogen) atoms. The number of anilines is 1. The first-order chi connectivity index (χ1) is 21.0. The number of fused-ring (bicyclic) bond motifs is 2. The summed E-state index contributed by atoms with van der Waals surface area (Å²) in [6, 6.07) is -1.86. The highest BCUT2D eigenvalue weighted by Gasteiger charge is 2.54. The van der Waals surface area contributed by atoms with Gasteiger partial charge in [-0.05, 0) is 11.1 Å². The fourth-order valence-corrected chi connectivity index (χ4v) is 7.99. The lowest BCUT2D eigenvalue weighted by Gasteiger charge is -2.49. The van der Waals surface area contributed by atoms with E-state index in [2.05, 4.69) is 33.9 Å². The number of carboxylic acid groups (broad SMARTS) is 2. The third-order valence-electron chi connectivity index (χ3n) is 6.76. The number of carbonyl (C=O) groups excluding carboxylic acids is 4. The van der Waals surface area contributed by atoms with Crippen molar-refractivity contribution < 1.29 is 43.8 Å². The second-order valence-corrected chi connectivity index (χ2v) is 12.4. The van der Waals surface area contributed by atoms with Gasteiger partial charge in [0.2, 0.25) is 12.5 Å². The Kier molecular flexibility index (Phi) is 8.64. The van der Waals surface area contributed by atoms with E-state index in [4.69, 9.17) is 15.7 Å². The fourth-order valence-electron chi connectivity index (χ4n) is 4.67. The number of β-lactam (4-membered cyclic amide) rings is 2. The highest BCUT2D eigenvalue weighted by atomic mass is 32.2. The molecule has 16 nitrogen and oxygen atoms in total. The molecule has 2 fully saturated rings. The van der Waals surface area contributed by atoms with Crippen LogP contribution in [-0.2, 0) is 33.6 Å². The lowest BCUT2D eigenvalue weighted by atomic mass is 10.0. The first kappa shape index (κ1) is 31.0. The second kappa shape index (κ2) is 12.3. The molecule has 230 valence electrons. The topological polar surface area (TPSA) is 234 Å². The SMILES string of the molecule is C=CC1=C(C(=O)Nc2nc(/C(=N/OCC(=O)O)C(=O)N[C@@H]3C(=O)N4C(C(=O)O)=C(C=C)CS[C@H]34)cs2)N2C(=O)C(N)[C@H]2SC1. The summed E-state index contributed by atoms with van der Waals surface area (Å²) in [4.78, 5) is 85.9. The van der Waals surface area contributed by atoms with E-state index in [0.29, 0.717) is 16.9 Å². The normalized spacial score (nSPS) is 24.4. The third kappa shape index (κ3) is 5.38. The summed E-state index contributed by atoms with van der Waals surface area (Å²) in [6.45, 7) is 6.41. The minimum atomic E-state index is -1.37. The summed E-state index contributed by atoms with van der Waals surface area (Å²) in [5.41, 5.74) is 5.98. The van der Waals surface area contributed by atoms with Gasteiger partial charge in [0.15, 0.2) is 10.8 Å². The number of hydrogen-bond acceptors (Lipinski definition) is 13. The summed E-state index contributed by atoms with van der Waals surface area (Å²) in [5, 5.41) is 27.5. The molecule has 4 amide bonds. The van der Waals surface area contributed by atoms with Crippen molar-refractivity contribution in [3.63, 3.8) is 0 Å². The summed E-state index contributed by atoms with van der Waals surface area (Å²) >= 11 is 3.53. The number of oxime groups is 1. The molecule has 4 aliphatic heterocycles. The number of thioether (sulfide) groups is 2. The largest absolute Gasteiger partial charge is 0.479 e. The van der Waals surface area contributed by atoms with Gasteiger partial charge in [-0.15, -0.1) is 34.9 Å². The summed E-state index contributed by atoms with van der Waals surface area (Å²) < 4.78 is 0. The summed E-state index contributed by atoms with van der Waals surface area (Å²) in [7, 11) is 0. The molecule has 6 N–H and O–H groups in total. The Morgan fingerprint density at radius 3 is 2.34 bits per heavy atom. The van der Waals surface area contributed by atoms with Crippen LogP contribution in [0, 0.1) is 0 Å². The van der Waals surface area contributed by atoms with Crippen molar-refractivity contribution in [3.8, 4) is 0 Å². The summed E-state index contributed by atoms with van der Waals surface area (Å²) in [5.74, 6) is -4.76. The Morgan fingerprint density at radius 1 is 1.07 bits per heavy atom. The molecule has 1 aromatic rings. The van der Waals surface area contributed by atoms with Gasteiger partial charge in [-0.3, -0.25) is 34.3 Å². The van der Waals surface area contributed by atoms with Crippen LogP contribution in [0.4, 0.5) is 5.13 Å². The van der Waals surface area contributed by atoms with E-state index >= 15 is 0 Å². The van der Waals surface area contributed by atoms with E-state index in [-0.39, 0.29) is 28.0 Å². The number of allylic oxidation sites excluding steroid dienone is 2. The van der Waals surface area contributed by atoms with Crippen molar-refractivity contribution in [3.05, 3.63) is 58.9 Å². The minimum absolute atomic E-state index is 0.00798. The monoisotopic (exact) mass is 661 g/mol. The number of aromatic nitrogens is 1. The zero-order valence-corrected chi connectivity index (χ0v) is 24.9. The minimum Gasteiger partial charge on any atom is -0.479 e. The first-order valence-corrected chi connectivity index (χ1v) is 15.5. The maximum Gasteiger partial charge on any atom is 0.352 e. The zero-order valence-electron chi connectivity index (χ0n) is 22.4. The van der Waals surface area contributed by atoms with E-state index in [1.807, 2.05) is 0 Å². The van der Waals surface area contributed by atoms with Crippen LogP contribution < -0.4 is 16.4 Å². The van der Waals surface area contributed by atoms with Crippen LogP contribution in [0.2, 0.25) is 0 Å². The van der Waals surface area contributed by atoms with E-state index < -0.39 is 70.7 Å². The number of nitrogens with zero attached hydrogens (tertiary/aromatic N) is 4. The maximum absolute atomic E-state index is 13.3. The van der Waals surface area contributed by atoms with Gasteiger partial charge < -0.3 is 26.1 Å². The van der Waals surface area contributed by atoms with Gasteiger partial charge in [0.1, 0.15) is 39.9 Å². The molecule has 5 rings (SSSR count). The average Bonchev–Trinajstić information content (AvgIpc) is 3.47. The highest BCUT2D eigenvalue weighted by molar-refractivity contribution is 8.00. The van der Waals surface area contributed by atoms with Crippen LogP contribution in [0.15, 0.2) is 58.4 Å². The van der Waals surface area contributed by atoms with Crippen molar-refractivity contribution in [1.29, 1.82) is 0 Å². The number of carboxylic acids is 2. The molecular weight excluding hydrogens is 639 g/mol. The number of nitrogens with two attached hydrogens (primary N) is 1. The van der Waals surface area contributed by atoms with Gasteiger partial charge in [0.05, 0.1) is 0 Å². The molecule has 0 aliphatic carbocycles. The van der Waals surface area contributed by atoms with E-state index in [9.17, 15) is 33.9 Å². The molecule has 0 spiro atoms. The highest BCUT2D eigenvalue weighted by Crippen LogP contribution is 2.41. The number of aliphatic carboxylic acids is 2. The Labute approximate surface area is 260 Å². The Balaban J connectivity index is 1.34. The van der Waals surface area contributed by atoms with E-state index in [0.717, 1.165) is 16.2 Å². The molecule has 5 heterocycles. The second-order valence-electron chi connectivity index (χ2n) is 9.36. The van der Waals surface area contributed by atoms with Gasteiger partial charge in [0, 0.05) is 16.9 Å². The number of hydrogen-bond donors (Lipinski definition) is 5. The number of rotatable bonds is 11. The molecule has 19 heteroatoms. The molecule has 0 radical (unpaired) electrons. The van der Waals surface area contributed by atoms with Crippen molar-refractivity contribution >= 4 is 81.3 Å². The van der Waals surface area contributed by atoms with Gasteiger partial charge in [-0.25, -0.2) is 14.6 Å². The molecule has 4 atom stereocenters. The van der Waals surface area contributed by atoms with Crippen LogP contribution >= 0.6 is 34.9 Å². The fraction of sp³-hybridized carbons (Fsp3) is 0.280. The summed E-state index contributed by atoms with van der Waals surface area (Å²) in [6.07, 6.45) is 2.82. The lowest BCUT2D eigenvalue weighted by molar-refractivity contribution is -0.150. The molecule has 0 aromatic carbocycles. The van der Waals surface area contributed by atoms with E-state index in [1.54, 1.807) is 0 Å². The van der Waals surface area contributed by atoms with E-state index in [1.165, 1.54) is 46.0 Å². The Hall–Kier alpha value is -4.46. The van der Waals surface area contributed by atoms with Gasteiger partial charge in [-0.2, -0.15) is 0 Å². The first-order valence-electron chi connectivity index (χ1n) is 12.6. The van der Waals surface area contributed by atoms with Gasteiger partial charge >= 0.3 is 11.9 Å². The van der Waals surface area contributed by atoms with Crippen molar-refractivity contribution in [1.82, 2.24) is 20.1 Å². The molecule has 2 saturated heterocycles. The third-order valence-corrected chi connectivity index (χ3v) is 10.1. The molecular formula is C25H23N7O9S3. The van der Waals surface area contributed by atoms with Crippen LogP contribution in [0.5, 0.6) is 0 Å². The van der Waals surface area contributed by atoms with Crippen LogP contribution in [-0.4, -0.2) is 107 Å². The molecule has 0 saturated carbocycles. The molecule has 1 unspecified atom stereocenters. The average molecular weight is 662 g/mol. The number of carbonyl (C=O) groups is 6. The predicted molar refractivity (Wildman–Crippen MR) is 159 cm³/mol. The smallest absolute Gasteiger partial charge is 0.352 e. The lowest BCUT2D eigenvalue weighted by Crippen LogP contribution is -2.71. The van der Waals surface area contributed by atoms with Crippen molar-refractivity contribution in [2.75, 3.05) is 23.4 Å². The van der Waals surface area contributed by atoms with Gasteiger partial charge in [-0.1, -0.05) is 30.5 Å². The van der Waals surface area contributed by atoms with Gasteiger partial charge in [0.25, 0.3) is 17.7 Å². The van der Waals surface area contributed by atoms with Crippen LogP contribution in [0.25, 0.3) is 0 Å². The molecule has 0 bridgehead atoms. The number of thiazole rings is 1. The van der Waals surface area contributed by atoms with Crippen LogP contribution in [0.3, 0.4) is 0 Å². The Morgan fingerprint density at radius 2 is 1.70 bits per heavy atom. The Bertz CT molecular complexity index is 1620. The zero-order chi connectivity index (χ0) is 31.9. The molecule has 1 aromatic heterocycles. The quantitative estimate of drug-likeness (QED) is 0.114. The molecule has 4 aliphatic rings. The number of amides is 4. The number of nitrogens with one attached hydrogen (secondary N) is 2. The predicted octanol–water partition coefficient (Wildman–Crippen LogP) is -0.506. The maximum atomic E-state index is 13.3.